The fourth-order valence-electron chi connectivity index (χ4n) is 4.13. The van der Waals surface area contributed by atoms with Crippen molar-refractivity contribution in [2.45, 2.75) is 56.9 Å². The molecule has 1 saturated heterocycles. The number of carbonyl (C=O) groups excluding carboxylic acids is 1. The molecule has 0 aliphatic carbocycles. The van der Waals surface area contributed by atoms with Crippen LogP contribution < -0.4 is 0 Å². The molecule has 0 spiro atoms. The number of hydrogen-bond donors (Lipinski definition) is 0. The SMILES string of the molecule is C[C@@H]1CCC[C@H](C)N1C(=O)CSc1nnc(-c2ccncc2)n1Cc1ccccc1. The minimum Gasteiger partial charge on any atom is -0.337 e. The van der Waals surface area contributed by atoms with Crippen LogP contribution in [0.25, 0.3) is 11.4 Å². The third-order valence-electron chi connectivity index (χ3n) is 5.65. The molecule has 1 aromatic carbocycles. The Morgan fingerprint density at radius 2 is 1.73 bits per heavy atom. The summed E-state index contributed by atoms with van der Waals surface area (Å²) in [5.74, 6) is 1.34. The molecule has 1 amide bonds. The van der Waals surface area contributed by atoms with Gasteiger partial charge < -0.3 is 4.90 Å². The zero-order chi connectivity index (χ0) is 20.9. The van der Waals surface area contributed by atoms with Crippen molar-refractivity contribution in [1.29, 1.82) is 0 Å². The van der Waals surface area contributed by atoms with E-state index in [1.807, 2.05) is 30.3 Å². The van der Waals surface area contributed by atoms with Crippen molar-refractivity contribution < 1.29 is 4.79 Å². The van der Waals surface area contributed by atoms with E-state index in [2.05, 4.69) is 50.6 Å². The summed E-state index contributed by atoms with van der Waals surface area (Å²) < 4.78 is 2.09. The molecule has 30 heavy (non-hydrogen) atoms. The predicted molar refractivity (Wildman–Crippen MR) is 119 cm³/mol. The summed E-state index contributed by atoms with van der Waals surface area (Å²) in [6.07, 6.45) is 6.87. The van der Waals surface area contributed by atoms with Crippen LogP contribution in [-0.4, -0.2) is 48.4 Å². The second kappa shape index (κ2) is 9.43. The van der Waals surface area contributed by atoms with E-state index >= 15 is 0 Å². The smallest absolute Gasteiger partial charge is 0.233 e. The maximum Gasteiger partial charge on any atom is 0.233 e. The maximum atomic E-state index is 13.0. The topological polar surface area (TPSA) is 63.9 Å². The van der Waals surface area contributed by atoms with Gasteiger partial charge in [-0.3, -0.25) is 14.3 Å². The van der Waals surface area contributed by atoms with Gasteiger partial charge in [-0.25, -0.2) is 0 Å². The Bertz CT molecular complexity index is 966. The standard InChI is InChI=1S/C23H27N5OS/c1-17-7-6-8-18(2)28(17)21(29)16-30-23-26-25-22(20-11-13-24-14-12-20)27(23)15-19-9-4-3-5-10-19/h3-5,9-14,17-18H,6-8,15-16H2,1-2H3/t17-,18+. The summed E-state index contributed by atoms with van der Waals surface area (Å²) in [7, 11) is 0. The molecule has 0 N–H and O–H groups in total. The summed E-state index contributed by atoms with van der Waals surface area (Å²) in [5, 5.41) is 9.63. The van der Waals surface area contributed by atoms with Crippen LogP contribution in [0, 0.1) is 0 Å². The van der Waals surface area contributed by atoms with Crippen LogP contribution >= 0.6 is 11.8 Å². The minimum absolute atomic E-state index is 0.180. The Morgan fingerprint density at radius 3 is 2.43 bits per heavy atom. The zero-order valence-corrected chi connectivity index (χ0v) is 18.3. The highest BCUT2D eigenvalue weighted by atomic mass is 32.2. The molecule has 0 bridgehead atoms. The van der Waals surface area contributed by atoms with Crippen molar-refractivity contribution >= 4 is 17.7 Å². The number of likely N-dealkylation sites (tertiary alicyclic amines) is 1. The van der Waals surface area contributed by atoms with Gasteiger partial charge in [-0.15, -0.1) is 10.2 Å². The van der Waals surface area contributed by atoms with Crippen molar-refractivity contribution in [3.8, 4) is 11.4 Å². The highest BCUT2D eigenvalue weighted by Crippen LogP contribution is 2.27. The molecule has 1 aliphatic rings. The average molecular weight is 422 g/mol. The summed E-state index contributed by atoms with van der Waals surface area (Å²) in [6, 6.07) is 14.7. The van der Waals surface area contributed by atoms with Crippen LogP contribution in [0.5, 0.6) is 0 Å². The molecule has 1 fully saturated rings. The molecule has 156 valence electrons. The lowest BCUT2D eigenvalue weighted by atomic mass is 9.98. The van der Waals surface area contributed by atoms with Gasteiger partial charge in [-0.2, -0.15) is 0 Å². The number of nitrogens with zero attached hydrogens (tertiary/aromatic N) is 5. The Kier molecular flexibility index (Phi) is 6.47. The van der Waals surface area contributed by atoms with Gasteiger partial charge in [-0.05, 0) is 50.8 Å². The second-order valence-corrected chi connectivity index (χ2v) is 8.77. The Labute approximate surface area is 181 Å². The van der Waals surface area contributed by atoms with Crippen molar-refractivity contribution in [2.75, 3.05) is 5.75 Å². The maximum absolute atomic E-state index is 13.0. The molecule has 2 atom stereocenters. The number of amides is 1. The van der Waals surface area contributed by atoms with E-state index in [4.69, 9.17) is 0 Å². The monoisotopic (exact) mass is 421 g/mol. The van der Waals surface area contributed by atoms with Gasteiger partial charge in [0.05, 0.1) is 12.3 Å². The van der Waals surface area contributed by atoms with Gasteiger partial charge >= 0.3 is 0 Å². The molecule has 0 unspecified atom stereocenters. The average Bonchev–Trinajstić information content (AvgIpc) is 3.16. The lowest BCUT2D eigenvalue weighted by molar-refractivity contribution is -0.134. The van der Waals surface area contributed by atoms with Gasteiger partial charge in [0.1, 0.15) is 0 Å². The zero-order valence-electron chi connectivity index (χ0n) is 17.4. The molecule has 3 aromatic rings. The van der Waals surface area contributed by atoms with Gasteiger partial charge in [0.25, 0.3) is 0 Å². The van der Waals surface area contributed by atoms with Crippen molar-refractivity contribution in [1.82, 2.24) is 24.6 Å². The van der Waals surface area contributed by atoms with Gasteiger partial charge in [0.2, 0.25) is 5.91 Å². The number of hydrogen-bond acceptors (Lipinski definition) is 5. The summed E-state index contributed by atoms with van der Waals surface area (Å²) >= 11 is 1.47. The van der Waals surface area contributed by atoms with Crippen LogP contribution in [0.2, 0.25) is 0 Å². The van der Waals surface area contributed by atoms with E-state index < -0.39 is 0 Å². The first-order valence-electron chi connectivity index (χ1n) is 10.4. The third kappa shape index (κ3) is 4.56. The molecule has 0 saturated carbocycles. The van der Waals surface area contributed by atoms with E-state index in [9.17, 15) is 4.79 Å². The van der Waals surface area contributed by atoms with Crippen LogP contribution in [0.1, 0.15) is 38.7 Å². The van der Waals surface area contributed by atoms with Crippen LogP contribution in [-0.2, 0) is 11.3 Å². The highest BCUT2D eigenvalue weighted by molar-refractivity contribution is 7.99. The predicted octanol–water partition coefficient (Wildman–Crippen LogP) is 4.27. The molecule has 2 aromatic heterocycles. The third-order valence-corrected chi connectivity index (χ3v) is 6.60. The summed E-state index contributed by atoms with van der Waals surface area (Å²) in [4.78, 5) is 19.1. The number of benzene rings is 1. The fraction of sp³-hybridized carbons (Fsp3) is 0.391. The lowest BCUT2D eigenvalue weighted by Crippen LogP contribution is -2.48. The van der Waals surface area contributed by atoms with E-state index in [0.717, 1.165) is 29.4 Å². The summed E-state index contributed by atoms with van der Waals surface area (Å²) in [5.41, 5.74) is 2.13. The number of rotatable bonds is 6. The van der Waals surface area contributed by atoms with Gasteiger partial charge in [0.15, 0.2) is 11.0 Å². The van der Waals surface area contributed by atoms with Crippen molar-refractivity contribution in [3.63, 3.8) is 0 Å². The van der Waals surface area contributed by atoms with Crippen LogP contribution in [0.15, 0.2) is 60.0 Å². The summed E-state index contributed by atoms with van der Waals surface area (Å²) in [6.45, 7) is 4.95. The number of aromatic nitrogens is 4. The number of piperidine rings is 1. The van der Waals surface area contributed by atoms with Gasteiger partial charge in [0, 0.05) is 30.0 Å². The Hall–Kier alpha value is -2.67. The first-order chi connectivity index (χ1) is 14.6. The van der Waals surface area contributed by atoms with Crippen LogP contribution in [0.4, 0.5) is 0 Å². The normalized spacial score (nSPS) is 19.1. The quantitative estimate of drug-likeness (QED) is 0.556. The van der Waals surface area contributed by atoms with Gasteiger partial charge in [-0.1, -0.05) is 42.1 Å². The molecule has 1 aliphatic heterocycles. The second-order valence-electron chi connectivity index (χ2n) is 7.83. The molecule has 3 heterocycles. The Balaban J connectivity index is 1.56. The first-order valence-corrected chi connectivity index (χ1v) is 11.4. The van der Waals surface area contributed by atoms with E-state index in [1.165, 1.54) is 23.7 Å². The number of carbonyl (C=O) groups is 1. The molecule has 7 heteroatoms. The largest absolute Gasteiger partial charge is 0.337 e. The molecule has 6 nitrogen and oxygen atoms in total. The van der Waals surface area contributed by atoms with Crippen molar-refractivity contribution in [2.24, 2.45) is 0 Å². The molecule has 0 radical (unpaired) electrons. The Morgan fingerprint density at radius 1 is 1.03 bits per heavy atom. The highest BCUT2D eigenvalue weighted by Gasteiger charge is 2.29. The van der Waals surface area contributed by atoms with Crippen molar-refractivity contribution in [3.05, 3.63) is 60.4 Å². The molecular formula is C23H27N5OS. The van der Waals surface area contributed by atoms with E-state index in [0.29, 0.717) is 24.4 Å². The van der Waals surface area contributed by atoms with Crippen LogP contribution in [0.3, 0.4) is 0 Å². The fourth-order valence-corrected chi connectivity index (χ4v) is 4.94. The minimum atomic E-state index is 0.180. The van der Waals surface area contributed by atoms with E-state index in [-0.39, 0.29) is 5.91 Å². The number of thioether (sulfide) groups is 1. The first kappa shape index (κ1) is 20.6. The van der Waals surface area contributed by atoms with E-state index in [1.54, 1.807) is 12.4 Å². The molecular weight excluding hydrogens is 394 g/mol. The molecule has 4 rings (SSSR count). The lowest BCUT2D eigenvalue weighted by Gasteiger charge is -2.39. The number of pyridine rings is 1.